The summed E-state index contributed by atoms with van der Waals surface area (Å²) in [5, 5.41) is 10.1. The fraction of sp³-hybridized carbons (Fsp3) is 0.393. The number of piperidine rings is 1. The van der Waals surface area contributed by atoms with Crippen LogP contribution in [0.5, 0.6) is 0 Å². The molecule has 2 aliphatic heterocycles. The number of aromatic nitrogens is 1. The van der Waals surface area contributed by atoms with Crippen LogP contribution in [-0.2, 0) is 30.8 Å². The van der Waals surface area contributed by atoms with Gasteiger partial charge in [-0.05, 0) is 73.0 Å². The van der Waals surface area contributed by atoms with Gasteiger partial charge in [0.2, 0.25) is 0 Å². The summed E-state index contributed by atoms with van der Waals surface area (Å²) in [6.07, 6.45) is 8.14. The molecule has 0 saturated carbocycles. The minimum absolute atomic E-state index is 0. The Morgan fingerprint density at radius 3 is 2.46 bits per heavy atom. The summed E-state index contributed by atoms with van der Waals surface area (Å²) in [5.74, 6) is -0.521. The van der Waals surface area contributed by atoms with Gasteiger partial charge >= 0.3 is 0 Å². The SMILES string of the molecule is Cl.Cl.O=C(/C=C/c1ccc2c(c1)c1c(n2CCN2CCCCC2)CCN(Cc2ccc(Br)cc2)C1)NO. The highest BCUT2D eigenvalue weighted by Crippen LogP contribution is 2.33. The van der Waals surface area contributed by atoms with Crippen LogP contribution >= 0.6 is 40.7 Å². The monoisotopic (exact) mass is 608 g/mol. The van der Waals surface area contributed by atoms with Crippen LogP contribution in [-0.4, -0.2) is 51.7 Å². The lowest BCUT2D eigenvalue weighted by molar-refractivity contribution is -0.124. The normalized spacial score (nSPS) is 16.3. The molecule has 0 spiro atoms. The van der Waals surface area contributed by atoms with Crippen molar-refractivity contribution in [1.82, 2.24) is 19.8 Å². The van der Waals surface area contributed by atoms with Crippen molar-refractivity contribution in [1.29, 1.82) is 0 Å². The van der Waals surface area contributed by atoms with E-state index in [4.69, 9.17) is 5.21 Å². The van der Waals surface area contributed by atoms with Gasteiger partial charge < -0.3 is 9.47 Å². The molecule has 0 bridgehead atoms. The van der Waals surface area contributed by atoms with Crippen LogP contribution in [0.2, 0.25) is 0 Å². The van der Waals surface area contributed by atoms with Gasteiger partial charge in [-0.1, -0.05) is 40.5 Å². The van der Waals surface area contributed by atoms with E-state index in [1.807, 2.05) is 0 Å². The van der Waals surface area contributed by atoms with E-state index < -0.39 is 5.91 Å². The summed E-state index contributed by atoms with van der Waals surface area (Å²) >= 11 is 3.53. The number of hydrogen-bond donors (Lipinski definition) is 2. The van der Waals surface area contributed by atoms with E-state index >= 15 is 0 Å². The highest BCUT2D eigenvalue weighted by atomic mass is 79.9. The molecule has 6 nitrogen and oxygen atoms in total. The fourth-order valence-corrected chi connectivity index (χ4v) is 5.76. The molecule has 1 aromatic heterocycles. The molecule has 3 heterocycles. The van der Waals surface area contributed by atoms with Gasteiger partial charge in [0.25, 0.3) is 5.91 Å². The smallest absolute Gasteiger partial charge is 0.267 e. The number of nitrogens with zero attached hydrogens (tertiary/aromatic N) is 3. The molecule has 2 N–H and O–H groups in total. The molecular formula is C28H35BrCl2N4O2. The van der Waals surface area contributed by atoms with Gasteiger partial charge in [-0.25, -0.2) is 5.48 Å². The predicted molar refractivity (Wildman–Crippen MR) is 158 cm³/mol. The van der Waals surface area contributed by atoms with Crippen molar-refractivity contribution in [3.63, 3.8) is 0 Å². The van der Waals surface area contributed by atoms with Gasteiger partial charge in [0.1, 0.15) is 0 Å². The van der Waals surface area contributed by atoms with Crippen molar-refractivity contribution < 1.29 is 10.0 Å². The van der Waals surface area contributed by atoms with E-state index in [0.29, 0.717) is 0 Å². The summed E-state index contributed by atoms with van der Waals surface area (Å²) in [5.41, 5.74) is 8.09. The van der Waals surface area contributed by atoms with Crippen molar-refractivity contribution in [2.75, 3.05) is 26.2 Å². The van der Waals surface area contributed by atoms with Gasteiger partial charge in [0, 0.05) is 66.3 Å². The first-order valence-corrected chi connectivity index (χ1v) is 13.4. The highest BCUT2D eigenvalue weighted by molar-refractivity contribution is 9.10. The zero-order chi connectivity index (χ0) is 24.2. The molecule has 5 rings (SSSR count). The van der Waals surface area contributed by atoms with Crippen LogP contribution in [0.4, 0.5) is 0 Å². The van der Waals surface area contributed by atoms with Crippen LogP contribution in [0.15, 0.2) is 53.0 Å². The molecule has 1 fully saturated rings. The first-order chi connectivity index (χ1) is 17.1. The Morgan fingerprint density at radius 1 is 0.973 bits per heavy atom. The third-order valence-corrected chi connectivity index (χ3v) is 7.83. The van der Waals surface area contributed by atoms with E-state index in [1.54, 1.807) is 11.6 Å². The Labute approximate surface area is 239 Å². The quantitative estimate of drug-likeness (QED) is 0.202. The number of halogens is 3. The number of rotatable bonds is 7. The molecule has 200 valence electrons. The molecule has 2 aliphatic rings. The van der Waals surface area contributed by atoms with Gasteiger partial charge in [-0.3, -0.25) is 14.9 Å². The number of benzene rings is 2. The summed E-state index contributed by atoms with van der Waals surface area (Å²) in [6, 6.07) is 15.0. The van der Waals surface area contributed by atoms with Gasteiger partial charge in [0.15, 0.2) is 0 Å². The zero-order valence-electron chi connectivity index (χ0n) is 20.9. The number of fused-ring (bicyclic) bond motifs is 3. The van der Waals surface area contributed by atoms with E-state index in [9.17, 15) is 4.79 Å². The van der Waals surface area contributed by atoms with E-state index in [1.165, 1.54) is 66.2 Å². The lowest BCUT2D eigenvalue weighted by Gasteiger charge is -2.29. The summed E-state index contributed by atoms with van der Waals surface area (Å²) in [4.78, 5) is 16.6. The van der Waals surface area contributed by atoms with Crippen LogP contribution in [0.3, 0.4) is 0 Å². The minimum atomic E-state index is -0.521. The van der Waals surface area contributed by atoms with Crippen LogP contribution < -0.4 is 5.48 Å². The zero-order valence-corrected chi connectivity index (χ0v) is 24.1. The molecule has 37 heavy (non-hydrogen) atoms. The topological polar surface area (TPSA) is 60.7 Å². The first kappa shape index (κ1) is 29.7. The maximum Gasteiger partial charge on any atom is 0.267 e. The Bertz CT molecular complexity index is 1220. The van der Waals surface area contributed by atoms with E-state index in [0.717, 1.165) is 49.2 Å². The number of likely N-dealkylation sites (tertiary alicyclic amines) is 1. The molecule has 0 atom stereocenters. The molecule has 1 saturated heterocycles. The molecule has 0 aliphatic carbocycles. The van der Waals surface area contributed by atoms with Gasteiger partial charge in [-0.2, -0.15) is 0 Å². The third-order valence-electron chi connectivity index (χ3n) is 7.30. The minimum Gasteiger partial charge on any atom is -0.343 e. The largest absolute Gasteiger partial charge is 0.343 e. The third kappa shape index (κ3) is 7.16. The van der Waals surface area contributed by atoms with Crippen molar-refractivity contribution in [3.8, 4) is 0 Å². The van der Waals surface area contributed by atoms with E-state index in [2.05, 4.69) is 72.8 Å². The maximum atomic E-state index is 11.5. The Hall–Kier alpha value is -1.87. The summed E-state index contributed by atoms with van der Waals surface area (Å²) in [6.45, 7) is 7.44. The van der Waals surface area contributed by atoms with Crippen molar-refractivity contribution in [3.05, 3.63) is 75.4 Å². The van der Waals surface area contributed by atoms with E-state index in [-0.39, 0.29) is 24.8 Å². The predicted octanol–water partition coefficient (Wildman–Crippen LogP) is 5.81. The average Bonchev–Trinajstić information content (AvgIpc) is 3.20. The van der Waals surface area contributed by atoms with Gasteiger partial charge in [0.05, 0.1) is 0 Å². The first-order valence-electron chi connectivity index (χ1n) is 12.6. The molecule has 9 heteroatoms. The standard InChI is InChI=1S/C28H33BrN4O2.2ClH/c29-23-8-4-22(5-9-23)19-32-15-12-27-25(20-32)24-18-21(7-11-28(34)30-35)6-10-26(24)33(27)17-16-31-13-2-1-3-14-31;;/h4-11,18,35H,1-3,12-17,19-20H2,(H,30,34);2*1H/b11-7+;;. The van der Waals surface area contributed by atoms with Crippen molar-refractivity contribution in [2.24, 2.45) is 0 Å². The van der Waals surface area contributed by atoms with Gasteiger partial charge in [-0.15, -0.1) is 24.8 Å². The molecule has 2 aromatic carbocycles. The van der Waals surface area contributed by atoms with Crippen LogP contribution in [0.1, 0.15) is 41.6 Å². The number of carbonyl (C=O) groups excluding carboxylic acids is 1. The lowest BCUT2D eigenvalue weighted by atomic mass is 10.0. The average molecular weight is 610 g/mol. The van der Waals surface area contributed by atoms with Crippen molar-refractivity contribution in [2.45, 2.75) is 45.3 Å². The van der Waals surface area contributed by atoms with Crippen LogP contribution in [0, 0.1) is 0 Å². The second-order valence-corrected chi connectivity index (χ2v) is 10.6. The number of hydrogen-bond acceptors (Lipinski definition) is 4. The van der Waals surface area contributed by atoms with Crippen molar-refractivity contribution >= 4 is 63.6 Å². The number of carbonyl (C=O) groups is 1. The molecule has 3 aromatic rings. The maximum absolute atomic E-state index is 11.5. The molecule has 1 amide bonds. The lowest BCUT2D eigenvalue weighted by Crippen LogP contribution is -2.34. The molecule has 0 radical (unpaired) electrons. The summed E-state index contributed by atoms with van der Waals surface area (Å²) < 4.78 is 3.65. The number of nitrogens with one attached hydrogen (secondary N) is 1. The molecular weight excluding hydrogens is 575 g/mol. The highest BCUT2D eigenvalue weighted by Gasteiger charge is 2.24. The summed E-state index contributed by atoms with van der Waals surface area (Å²) in [7, 11) is 0. The Morgan fingerprint density at radius 2 is 1.73 bits per heavy atom. The Kier molecular flexibility index (Phi) is 11.1. The van der Waals surface area contributed by atoms with Crippen LogP contribution in [0.25, 0.3) is 17.0 Å². The fourth-order valence-electron chi connectivity index (χ4n) is 5.50. The Balaban J connectivity index is 0.00000190. The second kappa shape index (κ2) is 13.8. The second-order valence-electron chi connectivity index (χ2n) is 9.65. The number of amides is 1. The molecule has 0 unspecified atom stereocenters. The number of hydroxylamine groups is 1.